The van der Waals surface area contributed by atoms with Gasteiger partial charge in [-0.3, -0.25) is 0 Å². The first-order valence-corrected chi connectivity index (χ1v) is 6.55. The Morgan fingerprint density at radius 1 is 1.20 bits per heavy atom. The summed E-state index contributed by atoms with van der Waals surface area (Å²) in [7, 11) is 0. The van der Waals surface area contributed by atoms with Gasteiger partial charge in [-0.25, -0.2) is 0 Å². The van der Waals surface area contributed by atoms with E-state index in [0.717, 1.165) is 15.0 Å². The molecule has 0 heterocycles. The quantitative estimate of drug-likeness (QED) is 0.668. The number of benzene rings is 1. The second-order valence-corrected chi connectivity index (χ2v) is 5.23. The van der Waals surface area contributed by atoms with Crippen molar-refractivity contribution in [3.63, 3.8) is 0 Å². The molecule has 0 amide bonds. The van der Waals surface area contributed by atoms with Crippen molar-refractivity contribution in [2.24, 2.45) is 0 Å². The van der Waals surface area contributed by atoms with Crippen LogP contribution < -0.4 is 10.5 Å². The minimum absolute atomic E-state index is 0.413. The molecule has 15 heavy (non-hydrogen) atoms. The maximum absolute atomic E-state index is 5.98. The van der Waals surface area contributed by atoms with Crippen LogP contribution in [0.4, 0.5) is 5.69 Å². The largest absolute Gasteiger partial charge is 0.489 e. The lowest BCUT2D eigenvalue weighted by atomic mass is 9.98. The first-order chi connectivity index (χ1) is 7.25. The fraction of sp³-hybridized carbons (Fsp3) is 0.500. The van der Waals surface area contributed by atoms with Crippen molar-refractivity contribution < 1.29 is 4.74 Å². The predicted molar refractivity (Wildman–Crippen MR) is 71.1 cm³/mol. The van der Waals surface area contributed by atoms with E-state index < -0.39 is 0 Å². The molecular formula is C12H16INO. The number of hydrogen-bond acceptors (Lipinski definition) is 2. The fourth-order valence-corrected chi connectivity index (χ4v) is 2.64. The van der Waals surface area contributed by atoms with Crippen molar-refractivity contribution in [2.75, 3.05) is 5.73 Å². The molecule has 2 N–H and O–H groups in total. The zero-order valence-electron chi connectivity index (χ0n) is 8.71. The third-order valence-corrected chi connectivity index (χ3v) is 3.64. The maximum atomic E-state index is 5.98. The molecule has 2 rings (SSSR count). The average Bonchev–Trinajstić information content (AvgIpc) is 2.24. The molecule has 0 aromatic heterocycles. The molecule has 0 bridgehead atoms. The molecular weight excluding hydrogens is 301 g/mol. The average molecular weight is 317 g/mol. The van der Waals surface area contributed by atoms with E-state index in [0.29, 0.717) is 6.10 Å². The molecule has 1 saturated carbocycles. The number of ether oxygens (including phenoxy) is 1. The van der Waals surface area contributed by atoms with Crippen molar-refractivity contribution in [1.82, 2.24) is 0 Å². The Kier molecular flexibility index (Phi) is 3.72. The number of nitrogen functional groups attached to an aromatic ring is 1. The zero-order chi connectivity index (χ0) is 10.7. The van der Waals surface area contributed by atoms with Crippen molar-refractivity contribution >= 4 is 28.3 Å². The van der Waals surface area contributed by atoms with Crippen LogP contribution in [0.2, 0.25) is 0 Å². The summed E-state index contributed by atoms with van der Waals surface area (Å²) in [6, 6.07) is 5.84. The van der Waals surface area contributed by atoms with Gasteiger partial charge >= 0.3 is 0 Å². The fourth-order valence-electron chi connectivity index (χ4n) is 1.98. The molecule has 0 aliphatic heterocycles. The van der Waals surface area contributed by atoms with Crippen LogP contribution >= 0.6 is 22.6 Å². The van der Waals surface area contributed by atoms with Gasteiger partial charge < -0.3 is 10.5 Å². The Bertz CT molecular complexity index is 334. The van der Waals surface area contributed by atoms with Crippen LogP contribution in [0.1, 0.15) is 32.1 Å². The van der Waals surface area contributed by atoms with Gasteiger partial charge in [0.05, 0.1) is 9.67 Å². The zero-order valence-corrected chi connectivity index (χ0v) is 10.9. The van der Waals surface area contributed by atoms with Crippen molar-refractivity contribution in [3.05, 3.63) is 21.8 Å². The van der Waals surface area contributed by atoms with E-state index in [4.69, 9.17) is 10.5 Å². The number of nitrogens with two attached hydrogens (primary N) is 1. The Morgan fingerprint density at radius 3 is 2.60 bits per heavy atom. The van der Waals surface area contributed by atoms with Crippen LogP contribution in [0.15, 0.2) is 18.2 Å². The first-order valence-electron chi connectivity index (χ1n) is 5.47. The minimum atomic E-state index is 0.413. The molecule has 0 radical (unpaired) electrons. The van der Waals surface area contributed by atoms with E-state index in [2.05, 4.69) is 22.6 Å². The van der Waals surface area contributed by atoms with E-state index >= 15 is 0 Å². The summed E-state index contributed by atoms with van der Waals surface area (Å²) in [5, 5.41) is 0. The standard InChI is InChI=1S/C12H16INO/c13-11-8-9(14)6-7-12(11)15-10-4-2-1-3-5-10/h6-8,10H,1-5,14H2. The maximum Gasteiger partial charge on any atom is 0.133 e. The molecule has 1 aromatic carbocycles. The van der Waals surface area contributed by atoms with Crippen LogP contribution in [0.25, 0.3) is 0 Å². The number of halogens is 1. The van der Waals surface area contributed by atoms with Crippen LogP contribution in [-0.4, -0.2) is 6.10 Å². The Morgan fingerprint density at radius 2 is 1.93 bits per heavy atom. The van der Waals surface area contributed by atoms with Crippen molar-refractivity contribution in [1.29, 1.82) is 0 Å². The SMILES string of the molecule is Nc1ccc(OC2CCCCC2)c(I)c1. The second kappa shape index (κ2) is 5.05. The molecule has 1 aromatic rings. The summed E-state index contributed by atoms with van der Waals surface area (Å²) in [6.07, 6.45) is 6.77. The summed E-state index contributed by atoms with van der Waals surface area (Å²) in [5.74, 6) is 0.983. The Labute approximate surface area is 104 Å². The van der Waals surface area contributed by atoms with Gasteiger partial charge in [-0.2, -0.15) is 0 Å². The van der Waals surface area contributed by atoms with E-state index in [9.17, 15) is 0 Å². The molecule has 0 atom stereocenters. The highest BCUT2D eigenvalue weighted by atomic mass is 127. The molecule has 0 spiro atoms. The molecule has 0 saturated heterocycles. The molecule has 1 aliphatic rings. The van der Waals surface area contributed by atoms with Crippen LogP contribution in [0.5, 0.6) is 5.75 Å². The molecule has 0 unspecified atom stereocenters. The first kappa shape index (κ1) is 11.0. The van der Waals surface area contributed by atoms with Crippen LogP contribution in [0, 0.1) is 3.57 Å². The van der Waals surface area contributed by atoms with E-state index in [1.54, 1.807) is 0 Å². The summed E-state index contributed by atoms with van der Waals surface area (Å²) < 4.78 is 7.09. The van der Waals surface area contributed by atoms with Crippen LogP contribution in [-0.2, 0) is 0 Å². The van der Waals surface area contributed by atoms with Gasteiger partial charge in [0.25, 0.3) is 0 Å². The normalized spacial score (nSPS) is 17.7. The van der Waals surface area contributed by atoms with Gasteiger partial charge in [0.1, 0.15) is 5.75 Å². The van der Waals surface area contributed by atoms with Gasteiger partial charge in [-0.15, -0.1) is 0 Å². The highest BCUT2D eigenvalue weighted by molar-refractivity contribution is 14.1. The Balaban J connectivity index is 2.03. The molecule has 2 nitrogen and oxygen atoms in total. The minimum Gasteiger partial charge on any atom is -0.489 e. The number of hydrogen-bond donors (Lipinski definition) is 1. The molecule has 3 heteroatoms. The van der Waals surface area contributed by atoms with Crippen LogP contribution in [0.3, 0.4) is 0 Å². The molecule has 1 fully saturated rings. The second-order valence-electron chi connectivity index (χ2n) is 4.07. The van der Waals surface area contributed by atoms with Gasteiger partial charge in [0.15, 0.2) is 0 Å². The van der Waals surface area contributed by atoms with E-state index in [1.165, 1.54) is 32.1 Å². The molecule has 1 aliphatic carbocycles. The topological polar surface area (TPSA) is 35.2 Å². The highest BCUT2D eigenvalue weighted by Gasteiger charge is 2.15. The predicted octanol–water partition coefficient (Wildman–Crippen LogP) is 3.58. The lowest BCUT2D eigenvalue weighted by Crippen LogP contribution is -2.20. The summed E-state index contributed by atoms with van der Waals surface area (Å²) in [4.78, 5) is 0. The smallest absolute Gasteiger partial charge is 0.133 e. The summed E-state index contributed by atoms with van der Waals surface area (Å²) in [6.45, 7) is 0. The lowest BCUT2D eigenvalue weighted by molar-refractivity contribution is 0.154. The van der Waals surface area contributed by atoms with Gasteiger partial charge in [-0.05, 0) is 66.5 Å². The van der Waals surface area contributed by atoms with Gasteiger partial charge in [0, 0.05) is 5.69 Å². The Hall–Kier alpha value is -0.450. The third-order valence-electron chi connectivity index (χ3n) is 2.80. The summed E-state index contributed by atoms with van der Waals surface area (Å²) >= 11 is 2.28. The monoisotopic (exact) mass is 317 g/mol. The summed E-state index contributed by atoms with van der Waals surface area (Å²) in [5.41, 5.74) is 6.50. The molecule has 82 valence electrons. The number of anilines is 1. The van der Waals surface area contributed by atoms with Crippen molar-refractivity contribution in [2.45, 2.75) is 38.2 Å². The van der Waals surface area contributed by atoms with E-state index in [-0.39, 0.29) is 0 Å². The highest BCUT2D eigenvalue weighted by Crippen LogP contribution is 2.28. The van der Waals surface area contributed by atoms with Gasteiger partial charge in [0.2, 0.25) is 0 Å². The van der Waals surface area contributed by atoms with Gasteiger partial charge in [-0.1, -0.05) is 6.42 Å². The lowest BCUT2D eigenvalue weighted by Gasteiger charge is -2.23. The third kappa shape index (κ3) is 3.00. The van der Waals surface area contributed by atoms with Crippen molar-refractivity contribution in [3.8, 4) is 5.75 Å². The number of rotatable bonds is 2. The van der Waals surface area contributed by atoms with E-state index in [1.807, 2.05) is 18.2 Å².